The Labute approximate surface area is 806 Å². The molecule has 0 atom stereocenters. The van der Waals surface area contributed by atoms with E-state index in [2.05, 4.69) is 506 Å². The number of aromatic nitrogens is 2. The van der Waals surface area contributed by atoms with Crippen molar-refractivity contribution in [1.29, 1.82) is 0 Å². The number of para-hydroxylation sites is 3. The van der Waals surface area contributed by atoms with Gasteiger partial charge < -0.3 is 23.4 Å². The monoisotopic (exact) mass is 1790 g/mol. The number of hydrogen-bond donors (Lipinski definition) is 0. The molecule has 4 aromatic heterocycles. The smallest absolute Gasteiger partial charge is 0.135 e. The molecule has 1 aliphatic rings. The Kier molecular flexibility index (Phi) is 18.2. The molecule has 0 bridgehead atoms. The zero-order chi connectivity index (χ0) is 91.7. The van der Waals surface area contributed by atoms with E-state index in [0.29, 0.717) is 0 Å². The lowest BCUT2D eigenvalue weighted by Gasteiger charge is -2.26. The van der Waals surface area contributed by atoms with Crippen LogP contribution in [0.3, 0.4) is 0 Å². The highest BCUT2D eigenvalue weighted by Crippen LogP contribution is 2.53. The van der Waals surface area contributed by atoms with Gasteiger partial charge in [-0.25, -0.2) is 0 Å². The van der Waals surface area contributed by atoms with Crippen LogP contribution in [0.5, 0.6) is 0 Å². The molecule has 28 aromatic rings. The molecular weight excluding hydrogens is 1700 g/mol. The van der Waals surface area contributed by atoms with E-state index in [9.17, 15) is 0 Å². The topological polar surface area (TPSA) is 29.5 Å². The number of furan rings is 1. The summed E-state index contributed by atoms with van der Waals surface area (Å²) in [6.45, 7) is 4.73. The summed E-state index contributed by atoms with van der Waals surface area (Å²) in [5.74, 6) is 0. The molecule has 0 radical (unpaired) electrons. The van der Waals surface area contributed by atoms with E-state index >= 15 is 0 Å². The second-order valence-electron chi connectivity index (χ2n) is 37.7. The second kappa shape index (κ2) is 31.7. The Morgan fingerprint density at radius 3 is 1.22 bits per heavy atom. The molecule has 1 aliphatic carbocycles. The van der Waals surface area contributed by atoms with Crippen molar-refractivity contribution >= 4 is 207 Å². The third kappa shape index (κ3) is 12.8. The molecular formula is C133H86N4OS. The predicted octanol–water partition coefficient (Wildman–Crippen LogP) is 37.8. The van der Waals surface area contributed by atoms with Crippen molar-refractivity contribution in [2.24, 2.45) is 0 Å². The number of anilines is 6. The number of rotatable bonds is 12. The molecule has 0 saturated heterocycles. The molecule has 650 valence electrons. The first-order valence-electron chi connectivity index (χ1n) is 48.0. The quantitative estimate of drug-likeness (QED) is 0.114. The summed E-state index contributed by atoms with van der Waals surface area (Å²) in [6.07, 6.45) is 0. The van der Waals surface area contributed by atoms with Crippen molar-refractivity contribution in [2.75, 3.05) is 9.80 Å². The third-order valence-corrected chi connectivity index (χ3v) is 30.9. The summed E-state index contributed by atoms with van der Waals surface area (Å²) in [5, 5.41) is 27.5. The van der Waals surface area contributed by atoms with E-state index in [1.165, 1.54) is 217 Å². The van der Waals surface area contributed by atoms with Crippen LogP contribution in [0.15, 0.2) is 490 Å². The van der Waals surface area contributed by atoms with Crippen molar-refractivity contribution in [3.63, 3.8) is 0 Å². The molecule has 0 unspecified atom stereocenters. The molecule has 0 N–H and O–H groups in total. The summed E-state index contributed by atoms with van der Waals surface area (Å²) in [7, 11) is 0. The maximum atomic E-state index is 6.29. The molecule has 6 heteroatoms. The molecule has 4 heterocycles. The number of nitrogens with zero attached hydrogens (tertiary/aromatic N) is 4. The summed E-state index contributed by atoms with van der Waals surface area (Å²) in [6, 6.07) is 179. The maximum absolute atomic E-state index is 6.29. The molecule has 0 saturated carbocycles. The molecule has 24 aromatic carbocycles. The van der Waals surface area contributed by atoms with Crippen molar-refractivity contribution in [3.8, 4) is 67.0 Å². The van der Waals surface area contributed by atoms with Gasteiger partial charge >= 0.3 is 0 Å². The van der Waals surface area contributed by atoms with Crippen LogP contribution in [0.1, 0.15) is 25.0 Å². The zero-order valence-electron chi connectivity index (χ0n) is 76.3. The first-order chi connectivity index (χ1) is 68.7. The van der Waals surface area contributed by atoms with Crippen molar-refractivity contribution < 1.29 is 4.42 Å². The standard InChI is InChI=1S/C75H50N2S.C58H36N2O/c1-75(2)68-24-12-10-21-61(68)62-40-32-52(46-69(62)75)51-34-42-71-67(45-51)66-44-50(33-41-70(66)77(71)53-15-4-3-5-16-53)48-29-37-55(38-30-48)76(72-25-14-23-64-63-22-11-13-26-73(63)78-74(64)72)54-35-27-47(28-36-54)49-31-39-60-58-19-7-6-17-56(58)57-18-8-9-20-59(57)65(60)43-49;1-2-14-43-38(12-1)13-11-22-54(43)60-55-21-9-7-19-49(55)52-34-39(26-32-56(52)60)37-24-27-40(28-25-37)59(42-30-33-58-53(36-42)50-20-8-10-23-57(50)61-58)41-29-31-48-46-17-4-3-15-44(46)45-16-5-6-18-47(45)51(48)35-41/h3-46H,1-2H3;1-36H. The summed E-state index contributed by atoms with van der Waals surface area (Å²) < 4.78 is 13.7. The van der Waals surface area contributed by atoms with Gasteiger partial charge in [0.15, 0.2) is 0 Å². The van der Waals surface area contributed by atoms with Crippen LogP contribution >= 0.6 is 11.3 Å². The number of fused-ring (bicyclic) bond motifs is 28. The zero-order valence-corrected chi connectivity index (χ0v) is 77.1. The van der Waals surface area contributed by atoms with E-state index in [1.54, 1.807) is 0 Å². The largest absolute Gasteiger partial charge is 0.456 e. The van der Waals surface area contributed by atoms with Crippen LogP contribution in [0.4, 0.5) is 34.1 Å². The Bertz CT molecular complexity index is 9870. The molecule has 29 rings (SSSR count). The van der Waals surface area contributed by atoms with Gasteiger partial charge in [0.25, 0.3) is 0 Å². The number of benzene rings is 24. The number of hydrogen-bond acceptors (Lipinski definition) is 4. The summed E-state index contributed by atoms with van der Waals surface area (Å²) >= 11 is 1.87. The minimum atomic E-state index is -0.0706. The predicted molar refractivity (Wildman–Crippen MR) is 593 cm³/mol. The SMILES string of the molecule is CC1(C)c2ccccc2-c2ccc(-c3ccc4c(c3)c3cc(-c5ccc(N(c6ccc(-c7ccc8c9ccccc9c9ccccc9c8c7)cc6)c6cccc7c6sc6ccccc67)cc5)ccc3n4-c3ccccc3)cc21.c1ccc2c(-n3c4ccccc4c4cc(-c5ccc(N(c6ccc7oc8ccccc8c7c6)c6ccc7c8ccccc8c8ccccc8c7c6)cc5)ccc43)cccc2c1. The van der Waals surface area contributed by atoms with Gasteiger partial charge in [-0.05, 0) is 295 Å². The van der Waals surface area contributed by atoms with Crippen LogP contribution < -0.4 is 9.80 Å². The fourth-order valence-electron chi connectivity index (χ4n) is 23.1. The summed E-state index contributed by atoms with van der Waals surface area (Å²) in [5.41, 5.74) is 30.5. The molecule has 0 aliphatic heterocycles. The van der Waals surface area contributed by atoms with E-state index in [4.69, 9.17) is 4.42 Å². The van der Waals surface area contributed by atoms with Gasteiger partial charge in [0.2, 0.25) is 0 Å². The third-order valence-electron chi connectivity index (χ3n) is 29.7. The number of thiophene rings is 1. The minimum absolute atomic E-state index is 0.0706. The maximum Gasteiger partial charge on any atom is 0.135 e. The van der Waals surface area contributed by atoms with E-state index in [1.807, 2.05) is 23.5 Å². The Morgan fingerprint density at radius 1 is 0.216 bits per heavy atom. The van der Waals surface area contributed by atoms with E-state index < -0.39 is 0 Å². The molecule has 139 heavy (non-hydrogen) atoms. The van der Waals surface area contributed by atoms with Gasteiger partial charge in [-0.3, -0.25) is 0 Å². The fourth-order valence-corrected chi connectivity index (χ4v) is 24.3. The van der Waals surface area contributed by atoms with Gasteiger partial charge in [0.1, 0.15) is 11.2 Å². The minimum Gasteiger partial charge on any atom is -0.456 e. The Hall–Kier alpha value is -17.7. The van der Waals surface area contributed by atoms with E-state index in [0.717, 1.165) is 56.1 Å². The van der Waals surface area contributed by atoms with Crippen molar-refractivity contribution in [3.05, 3.63) is 496 Å². The molecule has 0 fully saturated rings. The van der Waals surface area contributed by atoms with E-state index in [-0.39, 0.29) is 5.41 Å². The average molecular weight is 1790 g/mol. The van der Waals surface area contributed by atoms with Crippen molar-refractivity contribution in [2.45, 2.75) is 19.3 Å². The normalized spacial score (nSPS) is 12.4. The highest BCUT2D eigenvalue weighted by Gasteiger charge is 2.36. The first kappa shape index (κ1) is 79.8. The highest BCUT2D eigenvalue weighted by molar-refractivity contribution is 7.26. The fraction of sp³-hybridized carbons (Fsp3) is 0.0226. The van der Waals surface area contributed by atoms with Crippen LogP contribution in [-0.4, -0.2) is 9.13 Å². The van der Waals surface area contributed by atoms with Gasteiger partial charge in [0.05, 0.1) is 38.1 Å². The van der Waals surface area contributed by atoms with Crippen LogP contribution in [0.2, 0.25) is 0 Å². The molecule has 0 amide bonds. The van der Waals surface area contributed by atoms with Gasteiger partial charge in [0, 0.05) is 92.7 Å². The highest BCUT2D eigenvalue weighted by atomic mass is 32.1. The Balaban J connectivity index is 0.000000141. The lowest BCUT2D eigenvalue weighted by molar-refractivity contribution is 0.660. The average Bonchev–Trinajstić information content (AvgIpc) is 1.69. The second-order valence-corrected chi connectivity index (χ2v) is 38.7. The van der Waals surface area contributed by atoms with Crippen LogP contribution in [-0.2, 0) is 5.41 Å². The Morgan fingerprint density at radius 2 is 0.597 bits per heavy atom. The lowest BCUT2D eigenvalue weighted by atomic mass is 9.81. The molecule has 0 spiro atoms. The lowest BCUT2D eigenvalue weighted by Crippen LogP contribution is -2.14. The van der Waals surface area contributed by atoms with Crippen LogP contribution in [0, 0.1) is 0 Å². The first-order valence-corrected chi connectivity index (χ1v) is 48.8. The van der Waals surface area contributed by atoms with Gasteiger partial charge in [-0.15, -0.1) is 11.3 Å². The molecule has 5 nitrogen and oxygen atoms in total. The summed E-state index contributed by atoms with van der Waals surface area (Å²) in [4.78, 5) is 4.83. The van der Waals surface area contributed by atoms with Gasteiger partial charge in [-0.1, -0.05) is 341 Å². The van der Waals surface area contributed by atoms with Crippen LogP contribution in [0.25, 0.3) is 228 Å². The van der Waals surface area contributed by atoms with Crippen molar-refractivity contribution in [1.82, 2.24) is 9.13 Å². The van der Waals surface area contributed by atoms with Gasteiger partial charge in [-0.2, -0.15) is 0 Å².